The van der Waals surface area contributed by atoms with E-state index in [9.17, 15) is 13.9 Å². The van der Waals surface area contributed by atoms with Crippen LogP contribution in [0.15, 0.2) is 36.4 Å². The third-order valence-corrected chi connectivity index (χ3v) is 3.62. The summed E-state index contributed by atoms with van der Waals surface area (Å²) in [4.78, 5) is 0. The molecule has 2 nitrogen and oxygen atoms in total. The van der Waals surface area contributed by atoms with Crippen LogP contribution in [0.4, 0.5) is 8.78 Å². The van der Waals surface area contributed by atoms with Crippen molar-refractivity contribution in [1.29, 1.82) is 0 Å². The van der Waals surface area contributed by atoms with Crippen LogP contribution in [0, 0.1) is 18.6 Å². The average molecular weight is 276 g/mol. The fraction of sp³-hybridized carbons (Fsp3) is 0.250. The minimum atomic E-state index is -0.788. The molecule has 2 atom stereocenters. The summed E-state index contributed by atoms with van der Waals surface area (Å²) >= 11 is 0. The van der Waals surface area contributed by atoms with Gasteiger partial charge in [0.05, 0.1) is 6.10 Å². The van der Waals surface area contributed by atoms with Crippen molar-refractivity contribution in [3.63, 3.8) is 0 Å². The largest absolute Gasteiger partial charge is 0.485 e. The van der Waals surface area contributed by atoms with E-state index >= 15 is 0 Å². The van der Waals surface area contributed by atoms with Crippen LogP contribution in [0.25, 0.3) is 0 Å². The molecule has 0 radical (unpaired) electrons. The van der Waals surface area contributed by atoms with Crippen LogP contribution in [0.1, 0.15) is 35.3 Å². The highest BCUT2D eigenvalue weighted by molar-refractivity contribution is 5.40. The fourth-order valence-corrected chi connectivity index (χ4v) is 2.61. The lowest BCUT2D eigenvalue weighted by Gasteiger charge is -2.30. The Kier molecular flexibility index (Phi) is 3.18. The summed E-state index contributed by atoms with van der Waals surface area (Å²) < 4.78 is 32.1. The van der Waals surface area contributed by atoms with Gasteiger partial charge in [0.25, 0.3) is 0 Å². The standard InChI is InChI=1S/C16H14F2O2/c1-9-6-10(17)2-4-12(9)16-8-14(19)13-7-11(18)3-5-15(13)20-16/h2-7,14,16,19H,8H2,1H3. The van der Waals surface area contributed by atoms with Crippen LogP contribution in [-0.2, 0) is 0 Å². The second kappa shape index (κ2) is 4.87. The molecule has 1 heterocycles. The Hall–Kier alpha value is -1.94. The lowest BCUT2D eigenvalue weighted by Crippen LogP contribution is -2.20. The van der Waals surface area contributed by atoms with E-state index < -0.39 is 11.9 Å². The Balaban J connectivity index is 1.97. The van der Waals surface area contributed by atoms with Crippen molar-refractivity contribution < 1.29 is 18.6 Å². The molecule has 0 aromatic heterocycles. The maximum atomic E-state index is 13.2. The number of aliphatic hydroxyl groups is 1. The van der Waals surface area contributed by atoms with Gasteiger partial charge in [-0.25, -0.2) is 8.78 Å². The lowest BCUT2D eigenvalue weighted by atomic mass is 9.93. The van der Waals surface area contributed by atoms with E-state index in [-0.39, 0.29) is 11.9 Å². The van der Waals surface area contributed by atoms with Crippen LogP contribution in [0.5, 0.6) is 5.75 Å². The van der Waals surface area contributed by atoms with Gasteiger partial charge in [-0.3, -0.25) is 0 Å². The molecule has 0 aliphatic carbocycles. The molecule has 0 bridgehead atoms. The monoisotopic (exact) mass is 276 g/mol. The van der Waals surface area contributed by atoms with Gasteiger partial charge in [-0.2, -0.15) is 0 Å². The fourth-order valence-electron chi connectivity index (χ4n) is 2.61. The molecule has 104 valence electrons. The van der Waals surface area contributed by atoms with Gasteiger partial charge in [0.1, 0.15) is 23.5 Å². The Bertz CT molecular complexity index is 655. The predicted octanol–water partition coefficient (Wildman–Crippen LogP) is 3.83. The quantitative estimate of drug-likeness (QED) is 0.857. The third kappa shape index (κ3) is 2.27. The molecule has 0 saturated carbocycles. The first kappa shape index (κ1) is 13.1. The van der Waals surface area contributed by atoms with Crippen LogP contribution >= 0.6 is 0 Å². The van der Waals surface area contributed by atoms with Gasteiger partial charge < -0.3 is 9.84 Å². The maximum Gasteiger partial charge on any atom is 0.127 e. The lowest BCUT2D eigenvalue weighted by molar-refractivity contribution is 0.0650. The van der Waals surface area contributed by atoms with Crippen molar-refractivity contribution in [1.82, 2.24) is 0 Å². The highest BCUT2D eigenvalue weighted by Gasteiger charge is 2.29. The summed E-state index contributed by atoms with van der Waals surface area (Å²) in [5.74, 6) is -0.230. The molecule has 3 rings (SSSR count). The van der Waals surface area contributed by atoms with Gasteiger partial charge >= 0.3 is 0 Å². The van der Waals surface area contributed by atoms with Crippen LogP contribution in [0.2, 0.25) is 0 Å². The first-order valence-corrected chi connectivity index (χ1v) is 6.45. The molecule has 20 heavy (non-hydrogen) atoms. The van der Waals surface area contributed by atoms with E-state index in [0.717, 1.165) is 11.1 Å². The number of fused-ring (bicyclic) bond motifs is 1. The van der Waals surface area contributed by atoms with Gasteiger partial charge in [-0.1, -0.05) is 6.07 Å². The first-order valence-electron chi connectivity index (χ1n) is 6.45. The minimum Gasteiger partial charge on any atom is -0.485 e. The van der Waals surface area contributed by atoms with E-state index in [1.807, 2.05) is 0 Å². The molecular formula is C16H14F2O2. The number of halogens is 2. The number of rotatable bonds is 1. The third-order valence-electron chi connectivity index (χ3n) is 3.62. The zero-order chi connectivity index (χ0) is 14.3. The van der Waals surface area contributed by atoms with Gasteiger partial charge in [0, 0.05) is 12.0 Å². The number of aryl methyl sites for hydroxylation is 1. The Morgan fingerprint density at radius 3 is 2.50 bits per heavy atom. The summed E-state index contributed by atoms with van der Waals surface area (Å²) in [6, 6.07) is 8.57. The number of aliphatic hydroxyl groups excluding tert-OH is 1. The molecular weight excluding hydrogens is 262 g/mol. The second-order valence-electron chi connectivity index (χ2n) is 5.04. The van der Waals surface area contributed by atoms with Gasteiger partial charge in [0.2, 0.25) is 0 Å². The van der Waals surface area contributed by atoms with Crippen molar-refractivity contribution >= 4 is 0 Å². The predicted molar refractivity (Wildman–Crippen MR) is 70.5 cm³/mol. The second-order valence-corrected chi connectivity index (χ2v) is 5.04. The Labute approximate surface area is 115 Å². The Morgan fingerprint density at radius 1 is 1.05 bits per heavy atom. The highest BCUT2D eigenvalue weighted by atomic mass is 19.1. The summed E-state index contributed by atoms with van der Waals surface area (Å²) in [7, 11) is 0. The Morgan fingerprint density at radius 2 is 1.75 bits per heavy atom. The maximum absolute atomic E-state index is 13.2. The number of benzene rings is 2. The molecule has 4 heteroatoms. The summed E-state index contributed by atoms with van der Waals surface area (Å²) in [6.45, 7) is 1.80. The van der Waals surface area contributed by atoms with Crippen molar-refractivity contribution in [2.24, 2.45) is 0 Å². The molecule has 1 aliphatic rings. The zero-order valence-electron chi connectivity index (χ0n) is 10.9. The molecule has 0 fully saturated rings. The molecule has 0 saturated heterocycles. The van der Waals surface area contributed by atoms with Crippen molar-refractivity contribution in [3.8, 4) is 5.75 Å². The topological polar surface area (TPSA) is 29.5 Å². The molecule has 1 N–H and O–H groups in total. The molecule has 0 spiro atoms. The summed E-state index contributed by atoms with van der Waals surface area (Å²) in [6.07, 6.45) is -0.824. The molecule has 1 aliphatic heterocycles. The molecule has 2 aromatic carbocycles. The van der Waals surface area contributed by atoms with Gasteiger partial charge in [-0.05, 0) is 48.4 Å². The molecule has 2 unspecified atom stereocenters. The highest BCUT2D eigenvalue weighted by Crippen LogP contribution is 2.41. The number of ether oxygens (including phenoxy) is 1. The smallest absolute Gasteiger partial charge is 0.127 e. The van der Waals surface area contributed by atoms with Crippen LogP contribution in [-0.4, -0.2) is 5.11 Å². The van der Waals surface area contributed by atoms with E-state index in [1.165, 1.54) is 30.3 Å². The normalized spacial score (nSPS) is 21.2. The van der Waals surface area contributed by atoms with Gasteiger partial charge in [0.15, 0.2) is 0 Å². The SMILES string of the molecule is Cc1cc(F)ccc1C1CC(O)c2cc(F)ccc2O1. The van der Waals surface area contributed by atoms with Crippen molar-refractivity contribution in [3.05, 3.63) is 64.7 Å². The van der Waals surface area contributed by atoms with Crippen molar-refractivity contribution in [2.45, 2.75) is 25.6 Å². The van der Waals surface area contributed by atoms with E-state index in [1.54, 1.807) is 13.0 Å². The van der Waals surface area contributed by atoms with Gasteiger partial charge in [-0.15, -0.1) is 0 Å². The first-order chi connectivity index (χ1) is 9.54. The number of hydrogen-bond donors (Lipinski definition) is 1. The summed E-state index contributed by atoms with van der Waals surface area (Å²) in [5, 5.41) is 10.1. The minimum absolute atomic E-state index is 0.301. The average Bonchev–Trinajstić information content (AvgIpc) is 2.39. The zero-order valence-corrected chi connectivity index (χ0v) is 10.9. The van der Waals surface area contributed by atoms with E-state index in [2.05, 4.69) is 0 Å². The van der Waals surface area contributed by atoms with E-state index in [0.29, 0.717) is 17.7 Å². The summed E-state index contributed by atoms with van der Waals surface area (Å²) in [5.41, 5.74) is 2.06. The molecule has 2 aromatic rings. The number of hydrogen-bond acceptors (Lipinski definition) is 2. The van der Waals surface area contributed by atoms with Crippen LogP contribution < -0.4 is 4.74 Å². The molecule has 0 amide bonds. The van der Waals surface area contributed by atoms with Crippen LogP contribution in [0.3, 0.4) is 0 Å². The van der Waals surface area contributed by atoms with Crippen molar-refractivity contribution in [2.75, 3.05) is 0 Å². The van der Waals surface area contributed by atoms with E-state index in [4.69, 9.17) is 4.74 Å².